The fourth-order valence-electron chi connectivity index (χ4n) is 2.74. The maximum absolute atomic E-state index is 10.6. The summed E-state index contributed by atoms with van der Waals surface area (Å²) in [5.74, 6) is 1.82. The molecule has 2 saturated carbocycles. The van der Waals surface area contributed by atoms with Crippen LogP contribution in [0, 0.1) is 17.8 Å². The molecule has 2 bridgehead atoms. The monoisotopic (exact) mass is 150 g/mol. The van der Waals surface area contributed by atoms with Crippen LogP contribution in [0.2, 0.25) is 0 Å². The first-order chi connectivity index (χ1) is 5.35. The predicted octanol–water partition coefficient (Wildman–Crippen LogP) is 2.18. The van der Waals surface area contributed by atoms with Gasteiger partial charge in [-0.2, -0.15) is 0 Å². The Morgan fingerprint density at radius 3 is 2.82 bits per heavy atom. The highest BCUT2D eigenvalue weighted by atomic mass is 16.1. The van der Waals surface area contributed by atoms with Crippen LogP contribution >= 0.6 is 0 Å². The topological polar surface area (TPSA) is 17.1 Å². The van der Waals surface area contributed by atoms with Crippen LogP contribution in [-0.4, -0.2) is 6.29 Å². The number of fused-ring (bicyclic) bond motifs is 2. The minimum absolute atomic E-state index is 0.361. The molecule has 2 rings (SSSR count). The lowest BCUT2D eigenvalue weighted by atomic mass is 9.86. The number of rotatable bonds is 1. The van der Waals surface area contributed by atoms with E-state index in [0.717, 1.165) is 18.6 Å². The zero-order valence-corrected chi connectivity index (χ0v) is 6.92. The molecule has 0 saturated heterocycles. The molecule has 0 aromatic rings. The molecule has 0 radical (unpaired) electrons. The van der Waals surface area contributed by atoms with Crippen LogP contribution in [0.4, 0.5) is 0 Å². The molecule has 0 amide bonds. The minimum atomic E-state index is 0.361. The fourth-order valence-corrected chi connectivity index (χ4v) is 2.74. The lowest BCUT2D eigenvalue weighted by molar-refractivity contribution is -0.111. The van der Waals surface area contributed by atoms with Crippen LogP contribution in [0.15, 0.2) is 11.6 Å². The molecule has 0 aliphatic heterocycles. The van der Waals surface area contributed by atoms with E-state index in [9.17, 15) is 4.79 Å². The van der Waals surface area contributed by atoms with Gasteiger partial charge in [-0.1, -0.05) is 11.6 Å². The lowest BCUT2D eigenvalue weighted by Gasteiger charge is -2.18. The largest absolute Gasteiger partial charge is 0.303 e. The summed E-state index contributed by atoms with van der Waals surface area (Å²) in [5.41, 5.74) is 1.54. The summed E-state index contributed by atoms with van der Waals surface area (Å²) >= 11 is 0. The Bertz CT molecular complexity index is 205. The highest BCUT2D eigenvalue weighted by molar-refractivity contribution is 5.57. The third-order valence-electron chi connectivity index (χ3n) is 3.26. The van der Waals surface area contributed by atoms with E-state index in [1.54, 1.807) is 5.57 Å². The van der Waals surface area contributed by atoms with Gasteiger partial charge in [-0.15, -0.1) is 0 Å². The first-order valence-corrected chi connectivity index (χ1v) is 4.45. The van der Waals surface area contributed by atoms with E-state index in [-0.39, 0.29) is 0 Å². The van der Waals surface area contributed by atoms with Crippen LogP contribution in [-0.2, 0) is 4.79 Å². The second kappa shape index (κ2) is 2.47. The second-order valence-electron chi connectivity index (χ2n) is 3.81. The Labute approximate surface area is 67.5 Å². The standard InChI is InChI=1S/C10H14O/c1-2-8-3-7-4-9(6-11)10(8)5-7/h2,6-7,9-10H,3-5H2,1H3/b8-2-. The van der Waals surface area contributed by atoms with Crippen molar-refractivity contribution in [1.82, 2.24) is 0 Å². The Morgan fingerprint density at radius 1 is 1.45 bits per heavy atom. The van der Waals surface area contributed by atoms with Crippen LogP contribution < -0.4 is 0 Å². The van der Waals surface area contributed by atoms with E-state index >= 15 is 0 Å². The summed E-state index contributed by atoms with van der Waals surface area (Å²) in [7, 11) is 0. The molecule has 0 spiro atoms. The molecule has 2 aliphatic carbocycles. The van der Waals surface area contributed by atoms with Crippen LogP contribution in [0.25, 0.3) is 0 Å². The average Bonchev–Trinajstić information content (AvgIpc) is 2.60. The van der Waals surface area contributed by atoms with Crippen LogP contribution in [0.5, 0.6) is 0 Å². The molecule has 0 aromatic carbocycles. The van der Waals surface area contributed by atoms with Gasteiger partial charge in [-0.25, -0.2) is 0 Å². The summed E-state index contributed by atoms with van der Waals surface area (Å²) in [6.45, 7) is 2.10. The van der Waals surface area contributed by atoms with Gasteiger partial charge in [0.1, 0.15) is 6.29 Å². The number of hydrogen-bond donors (Lipinski definition) is 0. The molecule has 2 fully saturated rings. The molecular weight excluding hydrogens is 136 g/mol. The molecule has 3 unspecified atom stereocenters. The van der Waals surface area contributed by atoms with Crippen molar-refractivity contribution in [2.45, 2.75) is 26.2 Å². The smallest absolute Gasteiger partial charge is 0.123 e. The van der Waals surface area contributed by atoms with Gasteiger partial charge in [-0.3, -0.25) is 0 Å². The summed E-state index contributed by atoms with van der Waals surface area (Å²) in [5, 5.41) is 0. The Hall–Kier alpha value is -0.590. The molecule has 1 heteroatoms. The summed E-state index contributed by atoms with van der Waals surface area (Å²) in [6.07, 6.45) is 7.08. The van der Waals surface area contributed by atoms with Crippen molar-refractivity contribution in [3.63, 3.8) is 0 Å². The van der Waals surface area contributed by atoms with Crippen molar-refractivity contribution >= 4 is 6.29 Å². The minimum Gasteiger partial charge on any atom is -0.303 e. The maximum Gasteiger partial charge on any atom is 0.123 e. The average molecular weight is 150 g/mol. The first kappa shape index (κ1) is 7.08. The molecule has 0 N–H and O–H groups in total. The molecule has 60 valence electrons. The number of aldehydes is 1. The Balaban J connectivity index is 2.20. The van der Waals surface area contributed by atoms with E-state index in [1.807, 2.05) is 0 Å². The third kappa shape index (κ3) is 0.943. The Kier molecular flexibility index (Phi) is 1.59. The van der Waals surface area contributed by atoms with Gasteiger partial charge in [0, 0.05) is 5.92 Å². The van der Waals surface area contributed by atoms with Crippen LogP contribution in [0.1, 0.15) is 26.2 Å². The third-order valence-corrected chi connectivity index (χ3v) is 3.26. The van der Waals surface area contributed by atoms with Gasteiger partial charge in [0.15, 0.2) is 0 Å². The van der Waals surface area contributed by atoms with Gasteiger partial charge in [-0.05, 0) is 38.0 Å². The second-order valence-corrected chi connectivity index (χ2v) is 3.81. The number of allylic oxidation sites excluding steroid dienone is 2. The maximum atomic E-state index is 10.6. The molecule has 0 aromatic heterocycles. The van der Waals surface area contributed by atoms with Gasteiger partial charge < -0.3 is 4.79 Å². The zero-order valence-electron chi connectivity index (χ0n) is 6.92. The van der Waals surface area contributed by atoms with Gasteiger partial charge in [0.05, 0.1) is 0 Å². The van der Waals surface area contributed by atoms with E-state index in [1.165, 1.54) is 12.8 Å². The SMILES string of the molecule is C/C=C1/CC2CC(C=O)C1C2. The summed E-state index contributed by atoms with van der Waals surface area (Å²) in [4.78, 5) is 10.6. The van der Waals surface area contributed by atoms with Crippen molar-refractivity contribution in [2.24, 2.45) is 17.8 Å². The Morgan fingerprint density at radius 2 is 2.27 bits per heavy atom. The zero-order chi connectivity index (χ0) is 7.84. The number of carbonyl (C=O) groups excluding carboxylic acids is 1. The molecule has 0 heterocycles. The molecule has 2 aliphatic rings. The summed E-state index contributed by atoms with van der Waals surface area (Å²) in [6, 6.07) is 0. The van der Waals surface area contributed by atoms with Crippen LogP contribution in [0.3, 0.4) is 0 Å². The number of hydrogen-bond acceptors (Lipinski definition) is 1. The van der Waals surface area contributed by atoms with Gasteiger partial charge in [0.25, 0.3) is 0 Å². The lowest BCUT2D eigenvalue weighted by Crippen LogP contribution is -2.13. The highest BCUT2D eigenvalue weighted by Crippen LogP contribution is 2.50. The van der Waals surface area contributed by atoms with E-state index in [2.05, 4.69) is 13.0 Å². The molecule has 1 nitrogen and oxygen atoms in total. The van der Waals surface area contributed by atoms with Crippen molar-refractivity contribution in [2.75, 3.05) is 0 Å². The van der Waals surface area contributed by atoms with Crippen molar-refractivity contribution < 1.29 is 4.79 Å². The molecule has 11 heavy (non-hydrogen) atoms. The van der Waals surface area contributed by atoms with Crippen molar-refractivity contribution in [1.29, 1.82) is 0 Å². The van der Waals surface area contributed by atoms with Crippen molar-refractivity contribution in [3.8, 4) is 0 Å². The van der Waals surface area contributed by atoms with Crippen molar-refractivity contribution in [3.05, 3.63) is 11.6 Å². The molecule has 3 atom stereocenters. The summed E-state index contributed by atoms with van der Waals surface area (Å²) < 4.78 is 0. The first-order valence-electron chi connectivity index (χ1n) is 4.45. The van der Waals surface area contributed by atoms with Gasteiger partial charge in [0.2, 0.25) is 0 Å². The highest BCUT2D eigenvalue weighted by Gasteiger charge is 2.41. The predicted molar refractivity (Wildman–Crippen MR) is 44.1 cm³/mol. The van der Waals surface area contributed by atoms with E-state index in [4.69, 9.17) is 0 Å². The quantitative estimate of drug-likeness (QED) is 0.413. The number of carbonyl (C=O) groups is 1. The fraction of sp³-hybridized carbons (Fsp3) is 0.700. The normalized spacial score (nSPS) is 45.2. The molecular formula is C10H14O. The van der Waals surface area contributed by atoms with E-state index < -0.39 is 0 Å². The van der Waals surface area contributed by atoms with Gasteiger partial charge >= 0.3 is 0 Å². The van der Waals surface area contributed by atoms with E-state index in [0.29, 0.717) is 11.8 Å².